The molecule has 70 heavy (non-hydrogen) atoms. The lowest BCUT2D eigenvalue weighted by Crippen LogP contribution is -2.62. The van der Waals surface area contributed by atoms with Crippen LogP contribution >= 0.6 is 0 Å². The molecular formula is C66H66BN3. The third-order valence-corrected chi connectivity index (χ3v) is 16.8. The summed E-state index contributed by atoms with van der Waals surface area (Å²) >= 11 is 0. The maximum Gasteiger partial charge on any atom is 0.252 e. The molecule has 2 aliphatic carbocycles. The highest BCUT2D eigenvalue weighted by molar-refractivity contribution is 7.00. The van der Waals surface area contributed by atoms with Crippen LogP contribution in [0.2, 0.25) is 0 Å². The minimum absolute atomic E-state index is 0.0234. The number of anilines is 9. The summed E-state index contributed by atoms with van der Waals surface area (Å²) in [5.41, 5.74) is 23.1. The van der Waals surface area contributed by atoms with Gasteiger partial charge in [-0.3, -0.25) is 0 Å². The molecule has 2 aliphatic heterocycles. The molecule has 2 heterocycles. The van der Waals surface area contributed by atoms with Crippen molar-refractivity contribution in [3.63, 3.8) is 0 Å². The number of hydrogen-bond donors (Lipinski definition) is 0. The largest absolute Gasteiger partial charge is 0.311 e. The molecule has 348 valence electrons. The number of benzene rings is 8. The highest BCUT2D eigenvalue weighted by atomic mass is 15.2. The quantitative estimate of drug-likeness (QED) is 0.154. The Labute approximate surface area is 422 Å². The van der Waals surface area contributed by atoms with E-state index in [1.165, 1.54) is 38.7 Å². The van der Waals surface area contributed by atoms with Gasteiger partial charge in [0.05, 0.1) is 0 Å². The van der Waals surface area contributed by atoms with Gasteiger partial charge in [0.25, 0.3) is 6.71 Å². The summed E-state index contributed by atoms with van der Waals surface area (Å²) in [6.45, 7) is 21.1. The van der Waals surface area contributed by atoms with Crippen LogP contribution in [0.4, 0.5) is 51.2 Å². The summed E-state index contributed by atoms with van der Waals surface area (Å²) in [5, 5.41) is 0. The first-order valence-corrected chi connectivity index (χ1v) is 25.5. The molecule has 0 radical (unpaired) electrons. The molecule has 0 unspecified atom stereocenters. The van der Waals surface area contributed by atoms with Crippen LogP contribution in [-0.2, 0) is 21.7 Å². The number of para-hydroxylation sites is 2. The second kappa shape index (κ2) is 15.6. The molecule has 0 N–H and O–H groups in total. The summed E-state index contributed by atoms with van der Waals surface area (Å²) in [4.78, 5) is 7.22. The van der Waals surface area contributed by atoms with Crippen LogP contribution in [0.25, 0.3) is 11.1 Å². The van der Waals surface area contributed by atoms with E-state index in [9.17, 15) is 4.11 Å². The first kappa shape index (κ1) is 41.0. The van der Waals surface area contributed by atoms with Gasteiger partial charge in [0, 0.05) is 55.3 Å². The predicted molar refractivity (Wildman–Crippen MR) is 301 cm³/mol. The smallest absolute Gasteiger partial charge is 0.252 e. The molecule has 12 rings (SSSR count). The lowest BCUT2D eigenvalue weighted by molar-refractivity contribution is 0.332. The molecule has 0 bridgehead atoms. The summed E-state index contributed by atoms with van der Waals surface area (Å²) in [6.07, 6.45) is 3.24. The molecule has 0 saturated heterocycles. The van der Waals surface area contributed by atoms with Crippen LogP contribution in [-0.4, -0.2) is 6.71 Å². The van der Waals surface area contributed by atoms with Gasteiger partial charge in [0.1, 0.15) is 0 Å². The Morgan fingerprint density at radius 1 is 0.429 bits per heavy atom. The fourth-order valence-corrected chi connectivity index (χ4v) is 13.4. The van der Waals surface area contributed by atoms with E-state index in [0.717, 1.165) is 92.6 Å². The van der Waals surface area contributed by atoms with Gasteiger partial charge in [-0.2, -0.15) is 0 Å². The van der Waals surface area contributed by atoms with Crippen LogP contribution in [0.15, 0.2) is 164 Å². The number of aryl methyl sites for hydroxylation is 3. The molecule has 0 amide bonds. The molecule has 0 saturated carbocycles. The Kier molecular flexibility index (Phi) is 9.16. The maximum absolute atomic E-state index is 9.26. The standard InChI is InChI=1S/C66H66BN3/c1-42-33-60-62-61(34-42)70(57-39-53-50(36-44(57)3)65(8,9)41-66(53,10)11)59-40-52-51(63(4,5)31-32-64(52,6)7)38-55(59)67(62)54-29-28-49(68(47-23-17-13-18-24-47)48-25-19-14-20-26-48)37-58(54)69(60)56-30-27-46(35-43(56)2)45-21-15-12-16-22-45/h12-30,33-40H,31-32,41H2,1-11H3/i1D3. The van der Waals surface area contributed by atoms with Gasteiger partial charge in [0.2, 0.25) is 0 Å². The van der Waals surface area contributed by atoms with Crippen molar-refractivity contribution in [1.29, 1.82) is 0 Å². The summed E-state index contributed by atoms with van der Waals surface area (Å²) in [7, 11) is 0. The van der Waals surface area contributed by atoms with E-state index >= 15 is 0 Å². The monoisotopic (exact) mass is 915 g/mol. The van der Waals surface area contributed by atoms with Crippen molar-refractivity contribution in [2.45, 2.75) is 117 Å². The molecule has 4 aliphatic rings. The van der Waals surface area contributed by atoms with Gasteiger partial charge < -0.3 is 14.7 Å². The molecule has 0 aromatic heterocycles. The normalized spacial score (nSPS) is 18.1. The Balaban J connectivity index is 1.21. The number of fused-ring (bicyclic) bond motifs is 6. The van der Waals surface area contributed by atoms with E-state index in [1.54, 1.807) is 0 Å². The Morgan fingerprint density at radius 3 is 1.54 bits per heavy atom. The molecule has 0 atom stereocenters. The highest BCUT2D eigenvalue weighted by Crippen LogP contribution is 2.55. The van der Waals surface area contributed by atoms with E-state index in [-0.39, 0.29) is 28.4 Å². The topological polar surface area (TPSA) is 9.72 Å². The Morgan fingerprint density at radius 2 is 0.943 bits per heavy atom. The van der Waals surface area contributed by atoms with E-state index < -0.39 is 6.85 Å². The number of hydrogen-bond acceptors (Lipinski definition) is 3. The lowest BCUT2D eigenvalue weighted by Gasteiger charge is -2.48. The number of rotatable bonds is 6. The second-order valence-corrected chi connectivity index (χ2v) is 23.5. The first-order valence-electron chi connectivity index (χ1n) is 27.0. The van der Waals surface area contributed by atoms with E-state index in [0.29, 0.717) is 5.56 Å². The van der Waals surface area contributed by atoms with Crippen LogP contribution in [0.1, 0.15) is 118 Å². The molecule has 3 nitrogen and oxygen atoms in total. The average Bonchev–Trinajstić information content (AvgIpc) is 3.54. The van der Waals surface area contributed by atoms with Gasteiger partial charge in [0.15, 0.2) is 0 Å². The zero-order chi connectivity index (χ0) is 51.1. The maximum atomic E-state index is 9.26. The van der Waals surface area contributed by atoms with E-state index in [4.69, 9.17) is 0 Å². The van der Waals surface area contributed by atoms with Crippen molar-refractivity contribution >= 4 is 74.3 Å². The fraction of sp³-hybridized carbons (Fsp3) is 0.273. The zero-order valence-electron chi connectivity index (χ0n) is 45.6. The van der Waals surface area contributed by atoms with Crippen LogP contribution < -0.4 is 31.1 Å². The van der Waals surface area contributed by atoms with Gasteiger partial charge in [-0.1, -0.05) is 146 Å². The third-order valence-electron chi connectivity index (χ3n) is 16.8. The minimum atomic E-state index is -2.40. The Hall–Kier alpha value is -6.78. The van der Waals surface area contributed by atoms with Crippen LogP contribution in [0.3, 0.4) is 0 Å². The van der Waals surface area contributed by atoms with Crippen molar-refractivity contribution in [1.82, 2.24) is 0 Å². The van der Waals surface area contributed by atoms with Crippen molar-refractivity contribution in [2.75, 3.05) is 14.7 Å². The minimum Gasteiger partial charge on any atom is -0.311 e. The molecule has 8 aromatic carbocycles. The average molecular weight is 915 g/mol. The van der Waals surface area contributed by atoms with Crippen LogP contribution in [0.5, 0.6) is 0 Å². The molecular weight excluding hydrogens is 846 g/mol. The Bertz CT molecular complexity index is 3480. The predicted octanol–water partition coefficient (Wildman–Crippen LogP) is 16.1. The third kappa shape index (κ3) is 6.84. The lowest BCUT2D eigenvalue weighted by atomic mass is 9.33. The molecule has 8 aromatic rings. The summed E-state index contributed by atoms with van der Waals surface area (Å²) in [5.74, 6) is 0. The van der Waals surface area contributed by atoms with E-state index in [1.807, 2.05) is 12.1 Å². The van der Waals surface area contributed by atoms with Gasteiger partial charge in [-0.05, 0) is 201 Å². The summed E-state index contributed by atoms with van der Waals surface area (Å²) < 4.78 is 27.8. The van der Waals surface area contributed by atoms with Crippen molar-refractivity contribution in [3.05, 3.63) is 203 Å². The molecule has 0 fully saturated rings. The van der Waals surface area contributed by atoms with Gasteiger partial charge in [-0.25, -0.2) is 0 Å². The fourth-order valence-electron chi connectivity index (χ4n) is 13.4. The SMILES string of the molecule is [2H]C([2H])([2H])c1cc2c3c(c1)N(c1cc4c(cc1C)C(C)(C)CC4(C)C)c1cc4c(cc1B3c1ccc(N(c3ccccc3)c3ccccc3)cc1N2c1ccc(-c2ccccc2)cc1C)C(C)(C)CCC4(C)C. The zero-order valence-corrected chi connectivity index (χ0v) is 42.6. The number of nitrogens with zero attached hydrogens (tertiary/aromatic N) is 3. The van der Waals surface area contributed by atoms with Crippen molar-refractivity contribution < 1.29 is 4.11 Å². The van der Waals surface area contributed by atoms with Crippen molar-refractivity contribution in [2.24, 2.45) is 0 Å². The highest BCUT2D eigenvalue weighted by Gasteiger charge is 2.48. The van der Waals surface area contributed by atoms with Gasteiger partial charge >= 0.3 is 0 Å². The molecule has 0 spiro atoms. The summed E-state index contributed by atoms with van der Waals surface area (Å²) in [6, 6.07) is 59.6. The first-order chi connectivity index (χ1) is 34.6. The van der Waals surface area contributed by atoms with E-state index in [2.05, 4.69) is 236 Å². The van der Waals surface area contributed by atoms with Gasteiger partial charge in [-0.15, -0.1) is 0 Å². The second-order valence-electron chi connectivity index (χ2n) is 23.5. The van der Waals surface area contributed by atoms with Crippen LogP contribution in [0, 0.1) is 20.7 Å². The van der Waals surface area contributed by atoms with Crippen molar-refractivity contribution in [3.8, 4) is 11.1 Å². The molecule has 4 heteroatoms.